The Labute approximate surface area is 186 Å². The SMILES string of the molecule is N#Cc1ccc(-c2cc3n(c2)Cc2cc(N4CC[C@@H](CN)C4)ccc2-n2cnnc2-3)cc1. The normalized spacial score (nSPS) is 16.8. The van der Waals surface area contributed by atoms with Crippen molar-refractivity contribution in [2.75, 3.05) is 24.5 Å². The molecule has 1 atom stereocenters. The summed E-state index contributed by atoms with van der Waals surface area (Å²) in [5.74, 6) is 1.41. The summed E-state index contributed by atoms with van der Waals surface area (Å²) in [5, 5.41) is 17.7. The van der Waals surface area contributed by atoms with E-state index in [9.17, 15) is 0 Å². The van der Waals surface area contributed by atoms with Gasteiger partial charge in [-0.15, -0.1) is 10.2 Å². The molecule has 0 spiro atoms. The number of nitriles is 1. The number of nitrogens with two attached hydrogens (primary N) is 1. The molecular formula is C25H23N7. The molecule has 0 saturated carbocycles. The van der Waals surface area contributed by atoms with E-state index in [4.69, 9.17) is 11.0 Å². The van der Waals surface area contributed by atoms with Gasteiger partial charge in [0.05, 0.1) is 23.0 Å². The van der Waals surface area contributed by atoms with Gasteiger partial charge in [-0.25, -0.2) is 0 Å². The Morgan fingerprint density at radius 2 is 1.97 bits per heavy atom. The molecule has 158 valence electrons. The van der Waals surface area contributed by atoms with Crippen LogP contribution in [0, 0.1) is 17.2 Å². The van der Waals surface area contributed by atoms with Gasteiger partial charge in [-0.2, -0.15) is 5.26 Å². The molecule has 7 nitrogen and oxygen atoms in total. The predicted octanol–water partition coefficient (Wildman–Crippen LogP) is 3.42. The van der Waals surface area contributed by atoms with Crippen molar-refractivity contribution in [3.63, 3.8) is 0 Å². The van der Waals surface area contributed by atoms with Crippen LogP contribution in [-0.4, -0.2) is 39.0 Å². The van der Waals surface area contributed by atoms with E-state index in [1.165, 1.54) is 11.3 Å². The van der Waals surface area contributed by atoms with Crippen molar-refractivity contribution < 1.29 is 0 Å². The lowest BCUT2D eigenvalue weighted by molar-refractivity contribution is 0.602. The zero-order valence-corrected chi connectivity index (χ0v) is 17.6. The Morgan fingerprint density at radius 3 is 2.75 bits per heavy atom. The third-order valence-electron chi connectivity index (χ3n) is 6.67. The predicted molar refractivity (Wildman–Crippen MR) is 123 cm³/mol. The molecule has 0 bridgehead atoms. The van der Waals surface area contributed by atoms with E-state index in [0.717, 1.165) is 60.9 Å². The number of hydrogen-bond acceptors (Lipinski definition) is 5. The van der Waals surface area contributed by atoms with E-state index >= 15 is 0 Å². The zero-order chi connectivity index (χ0) is 21.7. The van der Waals surface area contributed by atoms with Crippen LogP contribution in [0.1, 0.15) is 17.5 Å². The third kappa shape index (κ3) is 3.00. The number of aromatic nitrogens is 4. The molecule has 4 heterocycles. The minimum atomic E-state index is 0.573. The van der Waals surface area contributed by atoms with Crippen LogP contribution in [0.3, 0.4) is 0 Å². The summed E-state index contributed by atoms with van der Waals surface area (Å²) in [6.07, 6.45) is 5.11. The number of fused-ring (bicyclic) bond motifs is 5. The van der Waals surface area contributed by atoms with E-state index in [2.05, 4.69) is 60.8 Å². The highest BCUT2D eigenvalue weighted by Crippen LogP contribution is 2.35. The van der Waals surface area contributed by atoms with Gasteiger partial charge in [0.25, 0.3) is 0 Å². The van der Waals surface area contributed by atoms with Crippen LogP contribution in [0.4, 0.5) is 5.69 Å². The minimum Gasteiger partial charge on any atom is -0.371 e. The number of rotatable bonds is 3. The fraction of sp³-hybridized carbons (Fsp3) is 0.240. The van der Waals surface area contributed by atoms with Crippen molar-refractivity contribution in [1.29, 1.82) is 5.26 Å². The monoisotopic (exact) mass is 421 g/mol. The maximum absolute atomic E-state index is 9.09. The van der Waals surface area contributed by atoms with Crippen molar-refractivity contribution in [3.05, 3.63) is 72.2 Å². The summed E-state index contributed by atoms with van der Waals surface area (Å²) in [6, 6.07) is 18.7. The molecule has 6 rings (SSSR count). The number of hydrogen-bond donors (Lipinski definition) is 1. The summed E-state index contributed by atoms with van der Waals surface area (Å²) in [5.41, 5.74) is 13.4. The quantitative estimate of drug-likeness (QED) is 0.482. The summed E-state index contributed by atoms with van der Waals surface area (Å²) in [4.78, 5) is 2.44. The molecule has 2 N–H and O–H groups in total. The molecule has 0 aliphatic carbocycles. The van der Waals surface area contributed by atoms with Crippen LogP contribution in [0.25, 0.3) is 28.3 Å². The van der Waals surface area contributed by atoms with Crippen LogP contribution in [0.15, 0.2) is 61.1 Å². The third-order valence-corrected chi connectivity index (χ3v) is 6.67. The Morgan fingerprint density at radius 1 is 1.09 bits per heavy atom. The first-order valence-corrected chi connectivity index (χ1v) is 10.9. The lowest BCUT2D eigenvalue weighted by atomic mass is 10.1. The average Bonchev–Trinajstić information content (AvgIpc) is 3.57. The molecule has 2 aliphatic rings. The van der Waals surface area contributed by atoms with E-state index < -0.39 is 0 Å². The van der Waals surface area contributed by atoms with Gasteiger partial charge in [-0.1, -0.05) is 12.1 Å². The Bertz CT molecular complexity index is 1340. The van der Waals surface area contributed by atoms with Crippen molar-refractivity contribution in [3.8, 4) is 34.4 Å². The summed E-state index contributed by atoms with van der Waals surface area (Å²) >= 11 is 0. The molecule has 0 amide bonds. The molecule has 2 aromatic carbocycles. The first kappa shape index (κ1) is 18.8. The van der Waals surface area contributed by atoms with Crippen LogP contribution in [0.5, 0.6) is 0 Å². The number of anilines is 1. The summed E-state index contributed by atoms with van der Waals surface area (Å²) in [6.45, 7) is 3.57. The standard InChI is InChI=1S/C25H23N7/c26-11-17-1-3-19(4-2-17)20-10-24-25-29-28-16-32(25)23-6-5-22(9-21(23)15-31(24)14-20)30-8-7-18(12-27)13-30/h1-6,9-10,14,16,18H,7-8,12-13,15,27H2/t18-/m0/s1. The molecule has 1 fully saturated rings. The maximum Gasteiger partial charge on any atom is 0.185 e. The van der Waals surface area contributed by atoms with Crippen molar-refractivity contribution in [1.82, 2.24) is 19.3 Å². The van der Waals surface area contributed by atoms with Crippen LogP contribution in [0.2, 0.25) is 0 Å². The van der Waals surface area contributed by atoms with Crippen LogP contribution >= 0.6 is 0 Å². The molecule has 7 heteroatoms. The summed E-state index contributed by atoms with van der Waals surface area (Å²) < 4.78 is 4.32. The molecule has 2 aromatic heterocycles. The minimum absolute atomic E-state index is 0.573. The molecule has 32 heavy (non-hydrogen) atoms. The van der Waals surface area contributed by atoms with Gasteiger partial charge in [0.1, 0.15) is 6.33 Å². The molecule has 2 aliphatic heterocycles. The van der Waals surface area contributed by atoms with Crippen molar-refractivity contribution in [2.45, 2.75) is 13.0 Å². The first-order valence-electron chi connectivity index (χ1n) is 10.9. The Balaban J connectivity index is 1.42. The molecule has 4 aromatic rings. The Hall–Kier alpha value is -3.89. The summed E-state index contributed by atoms with van der Waals surface area (Å²) in [7, 11) is 0. The van der Waals surface area contributed by atoms with Gasteiger partial charge in [0.2, 0.25) is 0 Å². The maximum atomic E-state index is 9.09. The van der Waals surface area contributed by atoms with Gasteiger partial charge < -0.3 is 15.2 Å². The molecular weight excluding hydrogens is 398 g/mol. The smallest absolute Gasteiger partial charge is 0.185 e. The van der Waals surface area contributed by atoms with Gasteiger partial charge in [0.15, 0.2) is 5.82 Å². The topological polar surface area (TPSA) is 88.7 Å². The van der Waals surface area contributed by atoms with E-state index in [0.29, 0.717) is 11.5 Å². The highest BCUT2D eigenvalue weighted by molar-refractivity contribution is 5.72. The number of benzene rings is 2. The van der Waals surface area contributed by atoms with E-state index in [-0.39, 0.29) is 0 Å². The second-order valence-corrected chi connectivity index (χ2v) is 8.61. The molecule has 0 radical (unpaired) electrons. The largest absolute Gasteiger partial charge is 0.371 e. The lowest BCUT2D eigenvalue weighted by Gasteiger charge is -2.21. The van der Waals surface area contributed by atoms with Crippen molar-refractivity contribution in [2.24, 2.45) is 11.7 Å². The van der Waals surface area contributed by atoms with Crippen molar-refractivity contribution >= 4 is 5.69 Å². The highest BCUT2D eigenvalue weighted by atomic mass is 15.3. The van der Waals surface area contributed by atoms with Gasteiger partial charge in [-0.3, -0.25) is 4.57 Å². The first-order chi connectivity index (χ1) is 15.7. The van der Waals surface area contributed by atoms with E-state index in [1.807, 2.05) is 24.3 Å². The van der Waals surface area contributed by atoms with Gasteiger partial charge in [0, 0.05) is 37.1 Å². The fourth-order valence-corrected chi connectivity index (χ4v) is 4.88. The highest BCUT2D eigenvalue weighted by Gasteiger charge is 2.25. The number of nitrogens with zero attached hydrogens (tertiary/aromatic N) is 6. The fourth-order valence-electron chi connectivity index (χ4n) is 4.88. The second-order valence-electron chi connectivity index (χ2n) is 8.61. The van der Waals surface area contributed by atoms with Crippen LogP contribution < -0.4 is 10.6 Å². The second kappa shape index (κ2) is 7.36. The zero-order valence-electron chi connectivity index (χ0n) is 17.6. The Kier molecular flexibility index (Phi) is 4.33. The molecule has 1 saturated heterocycles. The lowest BCUT2D eigenvalue weighted by Crippen LogP contribution is -2.22. The van der Waals surface area contributed by atoms with Gasteiger partial charge >= 0.3 is 0 Å². The molecule has 0 unspecified atom stereocenters. The van der Waals surface area contributed by atoms with E-state index in [1.54, 1.807) is 6.33 Å². The average molecular weight is 422 g/mol. The van der Waals surface area contributed by atoms with Gasteiger partial charge in [-0.05, 0) is 66.4 Å². The van der Waals surface area contributed by atoms with Crippen LogP contribution in [-0.2, 0) is 6.54 Å².